The van der Waals surface area contributed by atoms with Crippen LogP contribution in [0.5, 0.6) is 0 Å². The number of halogens is 3. The number of hydrogen-bond acceptors (Lipinski definition) is 5. The summed E-state index contributed by atoms with van der Waals surface area (Å²) in [7, 11) is 0. The van der Waals surface area contributed by atoms with Crippen molar-refractivity contribution in [2.75, 3.05) is 26.2 Å². The van der Waals surface area contributed by atoms with Crippen molar-refractivity contribution in [2.45, 2.75) is 38.8 Å². The molecule has 140 valence electrons. The van der Waals surface area contributed by atoms with E-state index in [1.165, 1.54) is 0 Å². The summed E-state index contributed by atoms with van der Waals surface area (Å²) in [5.41, 5.74) is 7.07. The molecule has 1 aromatic heterocycles. The molecule has 2 atom stereocenters. The number of piperazine rings is 1. The van der Waals surface area contributed by atoms with Crippen molar-refractivity contribution in [3.63, 3.8) is 0 Å². The molecule has 1 saturated carbocycles. The molecule has 1 aliphatic heterocycles. The van der Waals surface area contributed by atoms with Crippen LogP contribution in [0.25, 0.3) is 0 Å². The van der Waals surface area contributed by atoms with Crippen molar-refractivity contribution in [1.82, 2.24) is 14.8 Å². The molecule has 3 rings (SSSR count). The number of rotatable bonds is 3. The Bertz CT molecular complexity index is 509. The molecule has 0 radical (unpaired) electrons. The summed E-state index contributed by atoms with van der Waals surface area (Å²) in [6, 6.07) is 0.230. The SMILES string of the molecule is Cc1nc(CN2CCN(C(=O)C3CCC(N)C3)CC2)cs1.Cl.Cl.Cl. The zero-order valence-electron chi connectivity index (χ0n) is 13.8. The van der Waals surface area contributed by atoms with Gasteiger partial charge in [0.05, 0.1) is 10.7 Å². The second kappa shape index (κ2) is 10.8. The van der Waals surface area contributed by atoms with Gasteiger partial charge in [-0.1, -0.05) is 0 Å². The van der Waals surface area contributed by atoms with Crippen LogP contribution in [-0.4, -0.2) is 52.9 Å². The summed E-state index contributed by atoms with van der Waals surface area (Å²) >= 11 is 1.70. The molecule has 24 heavy (non-hydrogen) atoms. The molecule has 2 aliphatic rings. The second-order valence-corrected chi connectivity index (χ2v) is 7.29. The first-order valence-corrected chi connectivity index (χ1v) is 8.67. The molecule has 2 fully saturated rings. The molecule has 2 unspecified atom stereocenters. The van der Waals surface area contributed by atoms with Gasteiger partial charge in [0.1, 0.15) is 0 Å². The van der Waals surface area contributed by atoms with E-state index in [4.69, 9.17) is 5.73 Å². The highest BCUT2D eigenvalue weighted by molar-refractivity contribution is 7.09. The number of nitrogens with two attached hydrogens (primary N) is 1. The lowest BCUT2D eigenvalue weighted by Gasteiger charge is -2.35. The van der Waals surface area contributed by atoms with Crippen LogP contribution in [-0.2, 0) is 11.3 Å². The molecule has 0 aromatic carbocycles. The predicted molar refractivity (Wildman–Crippen MR) is 106 cm³/mol. The van der Waals surface area contributed by atoms with Crippen LogP contribution in [0.1, 0.15) is 30.0 Å². The maximum absolute atomic E-state index is 12.5. The van der Waals surface area contributed by atoms with Gasteiger partial charge in [0.2, 0.25) is 5.91 Å². The van der Waals surface area contributed by atoms with Crippen molar-refractivity contribution < 1.29 is 4.79 Å². The van der Waals surface area contributed by atoms with Gasteiger partial charge in [-0.15, -0.1) is 48.6 Å². The van der Waals surface area contributed by atoms with Crippen LogP contribution in [0.2, 0.25) is 0 Å². The molecule has 1 aliphatic carbocycles. The normalized spacial score (nSPS) is 23.8. The highest BCUT2D eigenvalue weighted by atomic mass is 35.5. The smallest absolute Gasteiger partial charge is 0.225 e. The van der Waals surface area contributed by atoms with Gasteiger partial charge in [-0.2, -0.15) is 0 Å². The maximum atomic E-state index is 12.5. The number of amides is 1. The number of aromatic nitrogens is 1. The van der Waals surface area contributed by atoms with Gasteiger partial charge >= 0.3 is 0 Å². The fourth-order valence-electron chi connectivity index (χ4n) is 3.34. The number of carbonyl (C=O) groups is 1. The van der Waals surface area contributed by atoms with Gasteiger partial charge in [0.15, 0.2) is 0 Å². The fourth-order valence-corrected chi connectivity index (χ4v) is 3.94. The summed E-state index contributed by atoms with van der Waals surface area (Å²) in [5, 5.41) is 3.25. The Kier molecular flexibility index (Phi) is 10.7. The molecule has 9 heteroatoms. The predicted octanol–water partition coefficient (Wildman–Crippen LogP) is 2.49. The number of thiazole rings is 1. The Morgan fingerprint density at radius 2 is 1.92 bits per heavy atom. The standard InChI is InChI=1S/C15H24N4OS.3ClH/c1-11-17-14(10-21-11)9-18-4-6-19(7-5-18)15(20)12-2-3-13(16)8-12;;;/h10,12-13H,2-9,16H2,1H3;3*1H. The average Bonchev–Trinajstić information content (AvgIpc) is 3.08. The number of hydrogen-bond donors (Lipinski definition) is 1. The number of nitrogens with zero attached hydrogens (tertiary/aromatic N) is 3. The summed E-state index contributed by atoms with van der Waals surface area (Å²) in [6.45, 7) is 6.52. The minimum Gasteiger partial charge on any atom is -0.340 e. The average molecular weight is 418 g/mol. The van der Waals surface area contributed by atoms with E-state index in [9.17, 15) is 4.79 Å². The molecular formula is C15H27Cl3N4OS. The van der Waals surface area contributed by atoms with Crippen LogP contribution in [0.3, 0.4) is 0 Å². The Balaban J connectivity index is 0.00000176. The van der Waals surface area contributed by atoms with Crippen molar-refractivity contribution in [1.29, 1.82) is 0 Å². The number of carbonyl (C=O) groups excluding carboxylic acids is 1. The molecule has 5 nitrogen and oxygen atoms in total. The molecule has 0 spiro atoms. The van der Waals surface area contributed by atoms with E-state index in [2.05, 4.69) is 15.3 Å². The van der Waals surface area contributed by atoms with Crippen LogP contribution >= 0.6 is 48.6 Å². The first-order chi connectivity index (χ1) is 10.1. The summed E-state index contributed by atoms with van der Waals surface area (Å²) in [6.07, 6.45) is 2.84. The highest BCUT2D eigenvalue weighted by Crippen LogP contribution is 2.26. The monoisotopic (exact) mass is 416 g/mol. The van der Waals surface area contributed by atoms with Gasteiger partial charge in [-0.25, -0.2) is 4.98 Å². The summed E-state index contributed by atoms with van der Waals surface area (Å²) in [5.74, 6) is 0.500. The zero-order valence-corrected chi connectivity index (χ0v) is 17.1. The Hall–Kier alpha value is -0.110. The quantitative estimate of drug-likeness (QED) is 0.820. The van der Waals surface area contributed by atoms with Crippen LogP contribution < -0.4 is 5.73 Å². The van der Waals surface area contributed by atoms with E-state index < -0.39 is 0 Å². The first-order valence-electron chi connectivity index (χ1n) is 7.79. The molecule has 0 bridgehead atoms. The lowest BCUT2D eigenvalue weighted by Crippen LogP contribution is -2.49. The van der Waals surface area contributed by atoms with E-state index >= 15 is 0 Å². The van der Waals surface area contributed by atoms with Gasteiger partial charge < -0.3 is 10.6 Å². The largest absolute Gasteiger partial charge is 0.340 e. The molecule has 1 saturated heterocycles. The zero-order chi connectivity index (χ0) is 14.8. The Morgan fingerprint density at radius 1 is 1.25 bits per heavy atom. The van der Waals surface area contributed by atoms with Gasteiger partial charge in [0, 0.05) is 50.1 Å². The van der Waals surface area contributed by atoms with E-state index in [-0.39, 0.29) is 49.2 Å². The third-order valence-corrected chi connectivity index (χ3v) is 5.38. The molecule has 2 heterocycles. The summed E-state index contributed by atoms with van der Waals surface area (Å²) < 4.78 is 0. The van der Waals surface area contributed by atoms with Crippen molar-refractivity contribution in [3.8, 4) is 0 Å². The Morgan fingerprint density at radius 3 is 2.42 bits per heavy atom. The van der Waals surface area contributed by atoms with Crippen molar-refractivity contribution in [2.24, 2.45) is 11.7 Å². The lowest BCUT2D eigenvalue weighted by atomic mass is 10.1. The van der Waals surface area contributed by atoms with Gasteiger partial charge in [0.25, 0.3) is 0 Å². The highest BCUT2D eigenvalue weighted by Gasteiger charge is 2.32. The van der Waals surface area contributed by atoms with E-state index in [0.29, 0.717) is 5.91 Å². The minimum absolute atomic E-state index is 0. The molecule has 1 amide bonds. The number of aryl methyl sites for hydroxylation is 1. The van der Waals surface area contributed by atoms with E-state index in [1.54, 1.807) is 11.3 Å². The lowest BCUT2D eigenvalue weighted by molar-refractivity contribution is -0.137. The topological polar surface area (TPSA) is 62.5 Å². The summed E-state index contributed by atoms with van der Waals surface area (Å²) in [4.78, 5) is 21.4. The third kappa shape index (κ3) is 6.00. The first kappa shape index (κ1) is 23.9. The van der Waals surface area contributed by atoms with Crippen molar-refractivity contribution >= 4 is 54.5 Å². The minimum atomic E-state index is 0. The van der Waals surface area contributed by atoms with Crippen molar-refractivity contribution in [3.05, 3.63) is 16.1 Å². The van der Waals surface area contributed by atoms with Crippen LogP contribution in [0.15, 0.2) is 5.38 Å². The Labute approximate surface area is 166 Å². The second-order valence-electron chi connectivity index (χ2n) is 6.23. The van der Waals surface area contributed by atoms with Crippen LogP contribution in [0.4, 0.5) is 0 Å². The van der Waals surface area contributed by atoms with Gasteiger partial charge in [-0.05, 0) is 26.2 Å². The van der Waals surface area contributed by atoms with Gasteiger partial charge in [-0.3, -0.25) is 9.69 Å². The maximum Gasteiger partial charge on any atom is 0.225 e. The third-order valence-electron chi connectivity index (χ3n) is 4.56. The fraction of sp³-hybridized carbons (Fsp3) is 0.733. The van der Waals surface area contributed by atoms with E-state index in [1.807, 2.05) is 11.8 Å². The van der Waals surface area contributed by atoms with E-state index in [0.717, 1.165) is 62.7 Å². The molecular weight excluding hydrogens is 391 g/mol. The van der Waals surface area contributed by atoms with Crippen LogP contribution in [0, 0.1) is 12.8 Å². The molecule has 1 aromatic rings. The molecule has 2 N–H and O–H groups in total.